The highest BCUT2D eigenvalue weighted by Crippen LogP contribution is 2.28. The molecule has 1 aliphatic rings. The monoisotopic (exact) mass is 370 g/mol. The van der Waals surface area contributed by atoms with Crippen molar-refractivity contribution in [3.63, 3.8) is 0 Å². The van der Waals surface area contributed by atoms with Gasteiger partial charge in [-0.2, -0.15) is 0 Å². The number of hydrogen-bond donors (Lipinski definition) is 1. The topological polar surface area (TPSA) is 59.5 Å². The van der Waals surface area contributed by atoms with E-state index >= 15 is 0 Å². The molecule has 1 fully saturated rings. The largest absolute Gasteiger partial charge is 0.493 e. The lowest BCUT2D eigenvalue weighted by atomic mass is 10.0. The van der Waals surface area contributed by atoms with Crippen LogP contribution in [0.5, 0.6) is 11.5 Å². The molecule has 1 aromatic carbocycles. The molecule has 1 saturated heterocycles. The van der Waals surface area contributed by atoms with Crippen LogP contribution >= 0.6 is 0 Å². The lowest BCUT2D eigenvalue weighted by Gasteiger charge is -2.32. The van der Waals surface area contributed by atoms with Crippen molar-refractivity contribution in [2.75, 3.05) is 44.1 Å². The van der Waals surface area contributed by atoms with Crippen molar-refractivity contribution in [1.82, 2.24) is 9.97 Å². The maximum Gasteiger partial charge on any atom is 0.160 e. The fourth-order valence-corrected chi connectivity index (χ4v) is 3.57. The molecule has 27 heavy (non-hydrogen) atoms. The van der Waals surface area contributed by atoms with E-state index in [0.717, 1.165) is 60.9 Å². The zero-order valence-corrected chi connectivity index (χ0v) is 16.8. The predicted molar refractivity (Wildman–Crippen MR) is 109 cm³/mol. The molecule has 0 saturated carbocycles. The van der Waals surface area contributed by atoms with Gasteiger partial charge in [0.25, 0.3) is 0 Å². The number of hydrogen-bond acceptors (Lipinski definition) is 6. The van der Waals surface area contributed by atoms with E-state index in [-0.39, 0.29) is 0 Å². The predicted octanol–water partition coefficient (Wildman–Crippen LogP) is 3.69. The Bertz CT molecular complexity index is 766. The first-order valence-corrected chi connectivity index (χ1v) is 9.64. The van der Waals surface area contributed by atoms with Gasteiger partial charge in [0.1, 0.15) is 17.5 Å². The molecule has 2 aromatic rings. The van der Waals surface area contributed by atoms with Gasteiger partial charge in [-0.3, -0.25) is 0 Å². The molecule has 0 radical (unpaired) electrons. The number of rotatable bonds is 7. The summed E-state index contributed by atoms with van der Waals surface area (Å²) in [6, 6.07) is 8.10. The van der Waals surface area contributed by atoms with Gasteiger partial charge in [-0.15, -0.1) is 0 Å². The van der Waals surface area contributed by atoms with Crippen LogP contribution in [0, 0.1) is 12.8 Å². The minimum Gasteiger partial charge on any atom is -0.493 e. The summed E-state index contributed by atoms with van der Waals surface area (Å²) in [5.74, 6) is 4.95. The quantitative estimate of drug-likeness (QED) is 0.802. The molecule has 1 aromatic heterocycles. The summed E-state index contributed by atoms with van der Waals surface area (Å²) < 4.78 is 10.7. The number of piperidine rings is 1. The lowest BCUT2D eigenvalue weighted by Crippen LogP contribution is -2.35. The molecule has 0 bridgehead atoms. The Morgan fingerprint density at radius 2 is 1.96 bits per heavy atom. The van der Waals surface area contributed by atoms with Crippen LogP contribution in [-0.4, -0.2) is 43.8 Å². The van der Waals surface area contributed by atoms with E-state index in [2.05, 4.69) is 39.2 Å². The van der Waals surface area contributed by atoms with Crippen LogP contribution in [0.4, 0.5) is 11.6 Å². The Labute approximate surface area is 161 Å². The number of ether oxygens (including phenoxy) is 2. The fourth-order valence-electron chi connectivity index (χ4n) is 3.57. The maximum absolute atomic E-state index is 5.38. The van der Waals surface area contributed by atoms with Gasteiger partial charge in [0.15, 0.2) is 11.5 Å². The smallest absolute Gasteiger partial charge is 0.160 e. The first kappa shape index (κ1) is 19.3. The van der Waals surface area contributed by atoms with Crippen molar-refractivity contribution >= 4 is 11.6 Å². The van der Waals surface area contributed by atoms with Crippen molar-refractivity contribution in [2.45, 2.75) is 33.1 Å². The number of aryl methyl sites for hydroxylation is 1. The van der Waals surface area contributed by atoms with Gasteiger partial charge < -0.3 is 19.7 Å². The van der Waals surface area contributed by atoms with Gasteiger partial charge in [-0.05, 0) is 49.8 Å². The van der Waals surface area contributed by atoms with Crippen LogP contribution < -0.4 is 19.7 Å². The number of nitrogens with one attached hydrogen (secondary N) is 1. The Morgan fingerprint density at radius 3 is 2.70 bits per heavy atom. The van der Waals surface area contributed by atoms with Crippen LogP contribution in [-0.2, 0) is 6.42 Å². The Morgan fingerprint density at radius 1 is 1.15 bits per heavy atom. The van der Waals surface area contributed by atoms with E-state index in [4.69, 9.17) is 9.47 Å². The van der Waals surface area contributed by atoms with Crippen LogP contribution in [0.25, 0.3) is 0 Å². The summed E-state index contributed by atoms with van der Waals surface area (Å²) >= 11 is 0. The summed E-state index contributed by atoms with van der Waals surface area (Å²) in [4.78, 5) is 11.6. The van der Waals surface area contributed by atoms with Crippen molar-refractivity contribution in [3.05, 3.63) is 35.7 Å². The van der Waals surface area contributed by atoms with Crippen LogP contribution in [0.15, 0.2) is 24.3 Å². The van der Waals surface area contributed by atoms with Gasteiger partial charge in [0.05, 0.1) is 14.2 Å². The van der Waals surface area contributed by atoms with E-state index in [1.54, 1.807) is 14.2 Å². The molecule has 1 N–H and O–H groups in total. The molecule has 3 rings (SSSR count). The molecule has 6 heteroatoms. The summed E-state index contributed by atoms with van der Waals surface area (Å²) in [6.07, 6.45) is 3.41. The standard InChI is InChI=1S/C21H30N4O2/c1-15-6-5-11-25(14-15)21-13-20(23-16(2)24-21)22-10-9-17-7-8-18(26-3)19(12-17)27-4/h7-8,12-13,15H,5-6,9-11,14H2,1-4H3,(H,22,23,24). The number of anilines is 2. The van der Waals surface area contributed by atoms with Crippen molar-refractivity contribution in [2.24, 2.45) is 5.92 Å². The first-order valence-electron chi connectivity index (χ1n) is 9.64. The highest BCUT2D eigenvalue weighted by molar-refractivity contribution is 5.50. The second-order valence-electron chi connectivity index (χ2n) is 7.22. The normalized spacial score (nSPS) is 16.9. The van der Waals surface area contributed by atoms with Crippen LogP contribution in [0.1, 0.15) is 31.2 Å². The Hall–Kier alpha value is -2.50. The summed E-state index contributed by atoms with van der Waals surface area (Å²) in [5, 5.41) is 3.44. The SMILES string of the molecule is COc1ccc(CCNc2cc(N3CCCC(C)C3)nc(C)n2)cc1OC. The second-order valence-corrected chi connectivity index (χ2v) is 7.22. The second kappa shape index (κ2) is 8.93. The van der Waals surface area contributed by atoms with Gasteiger partial charge in [-0.1, -0.05) is 13.0 Å². The van der Waals surface area contributed by atoms with E-state index in [1.165, 1.54) is 18.4 Å². The van der Waals surface area contributed by atoms with Gasteiger partial charge in [0, 0.05) is 25.7 Å². The van der Waals surface area contributed by atoms with Gasteiger partial charge in [0.2, 0.25) is 0 Å². The molecule has 2 heterocycles. The van der Waals surface area contributed by atoms with Crippen LogP contribution in [0.3, 0.4) is 0 Å². The molecule has 1 unspecified atom stereocenters. The average molecular weight is 370 g/mol. The maximum atomic E-state index is 5.38. The number of benzene rings is 1. The Balaban J connectivity index is 1.62. The molecular formula is C21H30N4O2. The molecule has 0 spiro atoms. The molecule has 1 aliphatic heterocycles. The van der Waals surface area contributed by atoms with Gasteiger partial charge in [-0.25, -0.2) is 9.97 Å². The first-order chi connectivity index (χ1) is 13.1. The molecule has 0 aliphatic carbocycles. The number of methoxy groups -OCH3 is 2. The Kier molecular flexibility index (Phi) is 6.37. The molecular weight excluding hydrogens is 340 g/mol. The highest BCUT2D eigenvalue weighted by Gasteiger charge is 2.18. The zero-order valence-electron chi connectivity index (χ0n) is 16.8. The van der Waals surface area contributed by atoms with Crippen molar-refractivity contribution in [3.8, 4) is 11.5 Å². The number of nitrogens with zero attached hydrogens (tertiary/aromatic N) is 3. The third-order valence-corrected chi connectivity index (χ3v) is 4.97. The van der Waals surface area contributed by atoms with E-state index in [0.29, 0.717) is 0 Å². The molecule has 0 amide bonds. The van der Waals surface area contributed by atoms with Gasteiger partial charge >= 0.3 is 0 Å². The minimum atomic E-state index is 0.718. The minimum absolute atomic E-state index is 0.718. The summed E-state index contributed by atoms with van der Waals surface area (Å²) in [5.41, 5.74) is 1.19. The fraction of sp³-hybridized carbons (Fsp3) is 0.524. The van der Waals surface area contributed by atoms with Crippen molar-refractivity contribution < 1.29 is 9.47 Å². The highest BCUT2D eigenvalue weighted by atomic mass is 16.5. The molecule has 146 valence electrons. The van der Waals surface area contributed by atoms with Crippen LogP contribution in [0.2, 0.25) is 0 Å². The van der Waals surface area contributed by atoms with Crippen molar-refractivity contribution in [1.29, 1.82) is 0 Å². The van der Waals surface area contributed by atoms with E-state index in [9.17, 15) is 0 Å². The third kappa shape index (κ3) is 5.02. The van der Waals surface area contributed by atoms with E-state index < -0.39 is 0 Å². The third-order valence-electron chi connectivity index (χ3n) is 4.97. The molecule has 6 nitrogen and oxygen atoms in total. The average Bonchev–Trinajstić information content (AvgIpc) is 2.67. The lowest BCUT2D eigenvalue weighted by molar-refractivity contribution is 0.354. The number of aromatic nitrogens is 2. The zero-order chi connectivity index (χ0) is 19.2. The summed E-state index contributed by atoms with van der Waals surface area (Å²) in [6.45, 7) is 7.20. The van der Waals surface area contributed by atoms with E-state index in [1.807, 2.05) is 19.1 Å². The summed E-state index contributed by atoms with van der Waals surface area (Å²) in [7, 11) is 3.31. The molecule has 1 atom stereocenters.